The van der Waals surface area contributed by atoms with Gasteiger partial charge in [-0.05, 0) is 26.5 Å². The fraction of sp³-hybridized carbons (Fsp3) is 1.00. The van der Waals surface area contributed by atoms with Crippen LogP contribution in [-0.4, -0.2) is 55.9 Å². The van der Waals surface area contributed by atoms with Gasteiger partial charge in [-0.15, -0.1) is 11.8 Å². The Hall–Kier alpha value is 0.190. The second-order valence-corrected chi connectivity index (χ2v) is 5.80. The second-order valence-electron chi connectivity index (χ2n) is 4.37. The molecular weight excluding hydrogens is 264 g/mol. The number of rotatable bonds is 9. The van der Waals surface area contributed by atoms with E-state index in [4.69, 9.17) is 18.9 Å². The van der Waals surface area contributed by atoms with Crippen LogP contribution < -0.4 is 0 Å². The molecule has 1 fully saturated rings. The van der Waals surface area contributed by atoms with E-state index in [0.29, 0.717) is 26.4 Å². The Bertz CT molecular complexity index is 227. The predicted octanol–water partition coefficient (Wildman–Crippen LogP) is 2.70. The summed E-state index contributed by atoms with van der Waals surface area (Å²) in [5.74, 6) is 1.05. The fourth-order valence-corrected chi connectivity index (χ4v) is 3.26. The number of hydrogen-bond acceptors (Lipinski definition) is 5. The van der Waals surface area contributed by atoms with Gasteiger partial charge in [-0.2, -0.15) is 0 Å². The average molecular weight is 292 g/mol. The van der Waals surface area contributed by atoms with Crippen molar-refractivity contribution >= 4 is 11.8 Å². The summed E-state index contributed by atoms with van der Waals surface area (Å²) < 4.78 is 23.3. The van der Waals surface area contributed by atoms with Crippen LogP contribution in [0.2, 0.25) is 0 Å². The molecule has 114 valence electrons. The van der Waals surface area contributed by atoms with Crippen molar-refractivity contribution in [3.05, 3.63) is 0 Å². The van der Waals surface area contributed by atoms with Gasteiger partial charge < -0.3 is 18.9 Å². The van der Waals surface area contributed by atoms with Gasteiger partial charge in [0.1, 0.15) is 17.6 Å². The molecule has 0 radical (unpaired) electrons. The maximum Gasteiger partial charge on any atom is 0.112 e. The first-order valence-corrected chi connectivity index (χ1v) is 8.39. The summed E-state index contributed by atoms with van der Waals surface area (Å²) in [5, 5.41) is 0. The molecule has 1 heterocycles. The van der Waals surface area contributed by atoms with E-state index in [9.17, 15) is 0 Å². The smallest absolute Gasteiger partial charge is 0.112 e. The van der Waals surface area contributed by atoms with Gasteiger partial charge in [0, 0.05) is 26.2 Å². The van der Waals surface area contributed by atoms with E-state index in [1.807, 2.05) is 32.5 Å². The van der Waals surface area contributed by atoms with Gasteiger partial charge in [0.05, 0.1) is 12.7 Å². The highest BCUT2D eigenvalue weighted by atomic mass is 32.2. The first-order chi connectivity index (χ1) is 9.26. The fourth-order valence-electron chi connectivity index (χ4n) is 2.34. The van der Waals surface area contributed by atoms with Crippen molar-refractivity contribution in [2.45, 2.75) is 57.9 Å². The second kappa shape index (κ2) is 10.00. The summed E-state index contributed by atoms with van der Waals surface area (Å²) in [5.41, 5.74) is 0.184. The lowest BCUT2D eigenvalue weighted by atomic mass is 10.0. The van der Waals surface area contributed by atoms with Crippen LogP contribution in [-0.2, 0) is 18.9 Å². The molecule has 19 heavy (non-hydrogen) atoms. The van der Waals surface area contributed by atoms with Gasteiger partial charge in [-0.1, -0.05) is 6.92 Å². The summed E-state index contributed by atoms with van der Waals surface area (Å²) in [6, 6.07) is 0. The van der Waals surface area contributed by atoms with Gasteiger partial charge in [0.25, 0.3) is 0 Å². The molecule has 1 rings (SSSR count). The molecule has 0 aliphatic carbocycles. The highest BCUT2D eigenvalue weighted by molar-refractivity contribution is 7.99. The van der Waals surface area contributed by atoms with E-state index < -0.39 is 0 Å². The molecule has 0 saturated carbocycles. The van der Waals surface area contributed by atoms with Crippen LogP contribution in [0.15, 0.2) is 0 Å². The number of hydrogen-bond donors (Lipinski definition) is 0. The Morgan fingerprint density at radius 1 is 1.05 bits per heavy atom. The molecule has 0 bridgehead atoms. The number of ether oxygens (including phenoxy) is 4. The van der Waals surface area contributed by atoms with Gasteiger partial charge in [0.15, 0.2) is 0 Å². The van der Waals surface area contributed by atoms with Crippen molar-refractivity contribution < 1.29 is 18.9 Å². The van der Waals surface area contributed by atoms with Crippen LogP contribution in [0, 0.1) is 0 Å². The van der Waals surface area contributed by atoms with Gasteiger partial charge in [-0.25, -0.2) is 0 Å². The third-order valence-electron chi connectivity index (χ3n) is 3.06. The molecule has 0 aromatic rings. The van der Waals surface area contributed by atoms with Crippen LogP contribution in [0.4, 0.5) is 0 Å². The molecule has 0 spiro atoms. The van der Waals surface area contributed by atoms with Crippen LogP contribution in [0.3, 0.4) is 0 Å². The highest BCUT2D eigenvalue weighted by Crippen LogP contribution is 2.31. The highest BCUT2D eigenvalue weighted by Gasteiger charge is 2.40. The van der Waals surface area contributed by atoms with Crippen molar-refractivity contribution in [2.24, 2.45) is 0 Å². The molecule has 0 amide bonds. The van der Waals surface area contributed by atoms with Crippen LogP contribution in [0.1, 0.15) is 34.1 Å². The van der Waals surface area contributed by atoms with Crippen molar-refractivity contribution in [1.82, 2.24) is 0 Å². The number of thioether (sulfide) groups is 1. The zero-order chi connectivity index (χ0) is 14.1. The molecule has 4 nitrogen and oxygen atoms in total. The third kappa shape index (κ3) is 5.60. The average Bonchev–Trinajstić information content (AvgIpc) is 2.40. The minimum atomic E-state index is -0.0331. The molecule has 1 unspecified atom stereocenters. The monoisotopic (exact) mass is 292 g/mol. The Balaban J connectivity index is 2.68. The van der Waals surface area contributed by atoms with Crippen molar-refractivity contribution in [1.29, 1.82) is 0 Å². The van der Waals surface area contributed by atoms with Crippen LogP contribution >= 0.6 is 11.8 Å². The maximum absolute atomic E-state index is 6.10. The normalized spacial score (nSPS) is 31.6. The van der Waals surface area contributed by atoms with E-state index in [0.717, 1.165) is 12.2 Å². The first-order valence-electron chi connectivity index (χ1n) is 7.34. The van der Waals surface area contributed by atoms with E-state index in [2.05, 4.69) is 6.92 Å². The molecule has 5 heteroatoms. The summed E-state index contributed by atoms with van der Waals surface area (Å²) in [6.45, 7) is 10.8. The van der Waals surface area contributed by atoms with E-state index in [1.165, 1.54) is 0 Å². The Morgan fingerprint density at radius 2 is 1.79 bits per heavy atom. The summed E-state index contributed by atoms with van der Waals surface area (Å²) in [6.07, 6.45) is 0.937. The molecular formula is C14H28O4S. The standard InChI is InChI=1S/C14H28O4S/c1-5-15-10-12-14(17-7-3)11(16-6-2)9-13(18-12)19-8-4/h11-14H,5-10H2,1-4H3/t11-,12-,13?,14+/m1/s1. The lowest BCUT2D eigenvalue weighted by molar-refractivity contribution is -0.194. The minimum Gasteiger partial charge on any atom is -0.379 e. The van der Waals surface area contributed by atoms with Crippen molar-refractivity contribution in [3.63, 3.8) is 0 Å². The molecule has 0 aromatic carbocycles. The van der Waals surface area contributed by atoms with Gasteiger partial charge in [0.2, 0.25) is 0 Å². The summed E-state index contributed by atoms with van der Waals surface area (Å²) in [7, 11) is 0. The summed E-state index contributed by atoms with van der Waals surface area (Å²) in [4.78, 5) is 0. The lowest BCUT2D eigenvalue weighted by Gasteiger charge is -2.41. The summed E-state index contributed by atoms with van der Waals surface area (Å²) >= 11 is 1.83. The van der Waals surface area contributed by atoms with Crippen LogP contribution in [0.25, 0.3) is 0 Å². The third-order valence-corrected chi connectivity index (χ3v) is 4.07. The lowest BCUT2D eigenvalue weighted by Crippen LogP contribution is -2.52. The SMILES string of the molecule is CCOC[C@H]1OC(SCC)C[C@@H](OCC)[C@@H]1OCC. The Kier molecular flexibility index (Phi) is 9.07. The van der Waals surface area contributed by atoms with E-state index in [-0.39, 0.29) is 23.7 Å². The topological polar surface area (TPSA) is 36.9 Å². The molecule has 1 aliphatic heterocycles. The zero-order valence-corrected chi connectivity index (χ0v) is 13.4. The Labute approximate surface area is 121 Å². The Morgan fingerprint density at radius 3 is 2.37 bits per heavy atom. The van der Waals surface area contributed by atoms with Crippen LogP contribution in [0.5, 0.6) is 0 Å². The molecule has 0 aromatic heterocycles. The predicted molar refractivity (Wildman–Crippen MR) is 78.7 cm³/mol. The minimum absolute atomic E-state index is 0.0230. The zero-order valence-electron chi connectivity index (χ0n) is 12.6. The maximum atomic E-state index is 6.10. The molecule has 4 atom stereocenters. The van der Waals surface area contributed by atoms with Crippen molar-refractivity contribution in [3.8, 4) is 0 Å². The quantitative estimate of drug-likeness (QED) is 0.653. The van der Waals surface area contributed by atoms with E-state index >= 15 is 0 Å². The molecule has 0 N–H and O–H groups in total. The van der Waals surface area contributed by atoms with E-state index in [1.54, 1.807) is 0 Å². The molecule has 1 saturated heterocycles. The van der Waals surface area contributed by atoms with Crippen molar-refractivity contribution in [2.75, 3.05) is 32.2 Å². The first kappa shape index (κ1) is 17.2. The largest absolute Gasteiger partial charge is 0.379 e. The van der Waals surface area contributed by atoms with Gasteiger partial charge in [-0.3, -0.25) is 0 Å². The van der Waals surface area contributed by atoms with Gasteiger partial charge >= 0.3 is 0 Å². The molecule has 1 aliphatic rings.